The second kappa shape index (κ2) is 7.77. The van der Waals surface area contributed by atoms with Crippen LogP contribution in [0, 0.1) is 11.8 Å². The lowest BCUT2D eigenvalue weighted by atomic mass is 9.71. The Bertz CT molecular complexity index is 441. The van der Waals surface area contributed by atoms with Crippen molar-refractivity contribution in [3.63, 3.8) is 0 Å². The van der Waals surface area contributed by atoms with Gasteiger partial charge in [-0.05, 0) is 68.0 Å². The fourth-order valence-corrected chi connectivity index (χ4v) is 4.51. The van der Waals surface area contributed by atoms with E-state index in [2.05, 4.69) is 58.8 Å². The lowest BCUT2D eigenvalue weighted by Gasteiger charge is -2.37. The molecule has 0 spiro atoms. The van der Waals surface area contributed by atoms with Crippen molar-refractivity contribution in [3.8, 4) is 0 Å². The van der Waals surface area contributed by atoms with Crippen molar-refractivity contribution in [2.75, 3.05) is 13.6 Å². The molecule has 0 aliphatic heterocycles. The highest BCUT2D eigenvalue weighted by Crippen LogP contribution is 2.44. The van der Waals surface area contributed by atoms with E-state index in [-0.39, 0.29) is 0 Å². The topological polar surface area (TPSA) is 29.9 Å². The molecule has 1 aromatic rings. The molecule has 1 heterocycles. The molecule has 1 fully saturated rings. The quantitative estimate of drug-likeness (QED) is 0.797. The maximum atomic E-state index is 4.61. The van der Waals surface area contributed by atoms with Gasteiger partial charge in [0.05, 0.1) is 16.4 Å². The van der Waals surface area contributed by atoms with Crippen molar-refractivity contribution in [1.82, 2.24) is 15.1 Å². The van der Waals surface area contributed by atoms with Crippen LogP contribution in [-0.4, -0.2) is 23.4 Å². The number of nitrogens with zero attached hydrogens (tertiary/aromatic N) is 2. The van der Waals surface area contributed by atoms with Crippen LogP contribution in [0.2, 0.25) is 0 Å². The Kier molecular flexibility index (Phi) is 6.30. The highest BCUT2D eigenvalue weighted by Gasteiger charge is 2.34. The van der Waals surface area contributed by atoms with Crippen LogP contribution in [0.25, 0.3) is 0 Å². The molecule has 3 unspecified atom stereocenters. The van der Waals surface area contributed by atoms with E-state index in [1.165, 1.54) is 42.3 Å². The molecule has 21 heavy (non-hydrogen) atoms. The molecule has 0 amide bonds. The van der Waals surface area contributed by atoms with Gasteiger partial charge in [-0.1, -0.05) is 26.2 Å². The molecule has 0 radical (unpaired) electrons. The van der Waals surface area contributed by atoms with Gasteiger partial charge in [0.1, 0.15) is 0 Å². The molecule has 1 saturated carbocycles. The van der Waals surface area contributed by atoms with Crippen molar-refractivity contribution in [3.05, 3.63) is 16.4 Å². The van der Waals surface area contributed by atoms with Gasteiger partial charge in [0.2, 0.25) is 0 Å². The maximum Gasteiger partial charge on any atom is 0.0635 e. The van der Waals surface area contributed by atoms with Crippen molar-refractivity contribution in [2.45, 2.75) is 64.8 Å². The zero-order chi connectivity index (χ0) is 15.4. The van der Waals surface area contributed by atoms with E-state index in [1.54, 1.807) is 0 Å². The van der Waals surface area contributed by atoms with Crippen molar-refractivity contribution in [1.29, 1.82) is 0 Å². The van der Waals surface area contributed by atoms with Crippen LogP contribution in [0.4, 0.5) is 0 Å². The van der Waals surface area contributed by atoms with E-state index < -0.39 is 0 Å². The lowest BCUT2D eigenvalue weighted by Crippen LogP contribution is -2.32. The first kappa shape index (κ1) is 17.0. The van der Waals surface area contributed by atoms with Gasteiger partial charge in [0, 0.05) is 12.0 Å². The van der Waals surface area contributed by atoms with Crippen molar-refractivity contribution >= 4 is 15.9 Å². The Morgan fingerprint density at radius 2 is 2.19 bits per heavy atom. The first-order valence-electron chi connectivity index (χ1n) is 8.45. The van der Waals surface area contributed by atoms with E-state index in [1.807, 2.05) is 6.20 Å². The minimum atomic E-state index is 0.424. The van der Waals surface area contributed by atoms with E-state index >= 15 is 0 Å². The summed E-state index contributed by atoms with van der Waals surface area (Å²) in [5.74, 6) is 2.24. The molecule has 120 valence electrons. The summed E-state index contributed by atoms with van der Waals surface area (Å²) in [4.78, 5) is 0. The molecule has 2 rings (SSSR count). The first-order chi connectivity index (χ1) is 10.1. The number of aromatic nitrogens is 2. The van der Waals surface area contributed by atoms with E-state index in [4.69, 9.17) is 0 Å². The predicted octanol–water partition coefficient (Wildman–Crippen LogP) is 4.75. The lowest BCUT2D eigenvalue weighted by molar-refractivity contribution is 0.213. The van der Waals surface area contributed by atoms with Crippen LogP contribution in [0.15, 0.2) is 10.7 Å². The molecular formula is C17H30BrN3. The van der Waals surface area contributed by atoms with Crippen LogP contribution in [-0.2, 0) is 0 Å². The third kappa shape index (κ3) is 3.89. The Labute approximate surface area is 138 Å². The van der Waals surface area contributed by atoms with Crippen LogP contribution >= 0.6 is 15.9 Å². The molecule has 3 nitrogen and oxygen atoms in total. The average Bonchev–Trinajstić information content (AvgIpc) is 2.83. The smallest absolute Gasteiger partial charge is 0.0635 e. The fourth-order valence-electron chi connectivity index (χ4n) is 3.94. The van der Waals surface area contributed by atoms with Gasteiger partial charge in [-0.3, -0.25) is 4.68 Å². The van der Waals surface area contributed by atoms with Crippen molar-refractivity contribution < 1.29 is 0 Å². The number of rotatable bonds is 6. The second-order valence-electron chi connectivity index (χ2n) is 6.81. The van der Waals surface area contributed by atoms with Gasteiger partial charge in [-0.25, -0.2) is 0 Å². The third-order valence-corrected chi connectivity index (χ3v) is 5.50. The van der Waals surface area contributed by atoms with Crippen LogP contribution in [0.5, 0.6) is 0 Å². The molecular weight excluding hydrogens is 326 g/mol. The molecule has 1 aliphatic rings. The number of hydrogen-bond acceptors (Lipinski definition) is 2. The molecule has 0 saturated heterocycles. The zero-order valence-corrected chi connectivity index (χ0v) is 15.5. The summed E-state index contributed by atoms with van der Waals surface area (Å²) in [6.45, 7) is 7.87. The molecule has 4 heteroatoms. The Morgan fingerprint density at radius 1 is 1.43 bits per heavy atom. The van der Waals surface area contributed by atoms with Crippen LogP contribution in [0.1, 0.15) is 70.5 Å². The predicted molar refractivity (Wildman–Crippen MR) is 92.7 cm³/mol. The summed E-state index contributed by atoms with van der Waals surface area (Å²) in [6, 6.07) is 0.424. The Hall–Kier alpha value is -0.350. The monoisotopic (exact) mass is 355 g/mol. The Morgan fingerprint density at radius 3 is 2.81 bits per heavy atom. The van der Waals surface area contributed by atoms with Gasteiger partial charge >= 0.3 is 0 Å². The highest BCUT2D eigenvalue weighted by molar-refractivity contribution is 9.10. The molecule has 1 N–H and O–H groups in total. The second-order valence-corrected chi connectivity index (χ2v) is 7.66. The number of halogens is 1. The number of hydrogen-bond donors (Lipinski definition) is 1. The minimum absolute atomic E-state index is 0.424. The van der Waals surface area contributed by atoms with Gasteiger partial charge in [0.15, 0.2) is 0 Å². The third-order valence-electron chi connectivity index (χ3n) is 4.89. The van der Waals surface area contributed by atoms with Gasteiger partial charge in [-0.15, -0.1) is 0 Å². The van der Waals surface area contributed by atoms with Gasteiger partial charge < -0.3 is 5.32 Å². The summed E-state index contributed by atoms with van der Waals surface area (Å²) in [6.07, 6.45) is 8.71. The molecule has 0 bridgehead atoms. The summed E-state index contributed by atoms with van der Waals surface area (Å²) in [5.41, 5.74) is 1.42. The first-order valence-corrected chi connectivity index (χ1v) is 9.25. The maximum absolute atomic E-state index is 4.61. The number of nitrogens with one attached hydrogen (secondary N) is 1. The summed E-state index contributed by atoms with van der Waals surface area (Å²) in [5, 5.41) is 8.00. The summed E-state index contributed by atoms with van der Waals surface area (Å²) < 4.78 is 3.42. The molecule has 1 aromatic heterocycles. The molecule has 3 atom stereocenters. The van der Waals surface area contributed by atoms with Gasteiger partial charge in [0.25, 0.3) is 0 Å². The largest absolute Gasteiger partial charge is 0.319 e. The van der Waals surface area contributed by atoms with E-state index in [0.29, 0.717) is 12.0 Å². The van der Waals surface area contributed by atoms with E-state index in [0.717, 1.165) is 18.4 Å². The fraction of sp³-hybridized carbons (Fsp3) is 0.824. The standard InChI is InChI=1S/C17H30BrN3/c1-5-6-13-7-8-14(10-19-4)15(9-13)17-16(18)11-20-21(17)12(2)3/h11-15,19H,5-10H2,1-4H3. The Balaban J connectivity index is 2.28. The molecule has 1 aliphatic carbocycles. The van der Waals surface area contributed by atoms with Crippen LogP contribution < -0.4 is 5.32 Å². The average molecular weight is 356 g/mol. The summed E-state index contributed by atoms with van der Waals surface area (Å²) >= 11 is 3.75. The van der Waals surface area contributed by atoms with Crippen molar-refractivity contribution in [2.24, 2.45) is 11.8 Å². The normalized spacial score (nSPS) is 26.5. The summed E-state index contributed by atoms with van der Waals surface area (Å²) in [7, 11) is 2.07. The van der Waals surface area contributed by atoms with Crippen LogP contribution in [0.3, 0.4) is 0 Å². The molecule has 0 aromatic carbocycles. The zero-order valence-electron chi connectivity index (χ0n) is 13.9. The van der Waals surface area contributed by atoms with E-state index in [9.17, 15) is 0 Å². The minimum Gasteiger partial charge on any atom is -0.319 e. The SMILES string of the molecule is CCCC1CCC(CNC)C(c2c(Br)cnn2C(C)C)C1. The van der Waals surface area contributed by atoms with Gasteiger partial charge in [-0.2, -0.15) is 5.10 Å². The highest BCUT2D eigenvalue weighted by atomic mass is 79.9.